The van der Waals surface area contributed by atoms with Crippen molar-refractivity contribution in [1.82, 2.24) is 9.80 Å². The maximum atomic E-state index is 13.9. The van der Waals surface area contributed by atoms with E-state index in [4.69, 9.17) is 17.3 Å². The van der Waals surface area contributed by atoms with Crippen molar-refractivity contribution in [3.63, 3.8) is 0 Å². The number of fused-ring (bicyclic) bond motifs is 3. The Labute approximate surface area is 237 Å². The standard InChI is InChI=1S/C29H36ClN3O7/c1-5-8-33-12(2)6-7-17(33)14-11-18(34)20-15(22(14)30)9-13-10-16-23(32(3)4)25(36)21(28(31)39)27(38)29(16,40)26(37)19(13)24(20)35/h11-13,16-17,23,34-35,38,40H,5-10H2,1-4H3,(H2,31,39)/t12?,13-,16-,17?,23-,29-/m0/s1. The fraction of sp³-hybridized carbons (Fsp3) is 0.552. The van der Waals surface area contributed by atoms with E-state index in [2.05, 4.69) is 18.7 Å². The lowest BCUT2D eigenvalue weighted by molar-refractivity contribution is -0.153. The molecule has 2 fully saturated rings. The van der Waals surface area contributed by atoms with Crippen LogP contribution < -0.4 is 5.73 Å². The number of phenols is 1. The number of aromatic hydroxyl groups is 1. The number of amides is 1. The lowest BCUT2D eigenvalue weighted by atomic mass is 9.57. The Morgan fingerprint density at radius 1 is 1.23 bits per heavy atom. The third-order valence-electron chi connectivity index (χ3n) is 9.35. The van der Waals surface area contributed by atoms with E-state index in [1.807, 2.05) is 0 Å². The van der Waals surface area contributed by atoms with Gasteiger partial charge in [0.2, 0.25) is 5.78 Å². The van der Waals surface area contributed by atoms with Crippen LogP contribution in [0.15, 0.2) is 23.0 Å². The van der Waals surface area contributed by atoms with Gasteiger partial charge in [-0.3, -0.25) is 24.2 Å². The minimum atomic E-state index is -2.66. The molecule has 0 bridgehead atoms. The number of carbonyl (C=O) groups excluding carboxylic acids is 3. The molecule has 1 saturated heterocycles. The molecule has 6 atom stereocenters. The number of likely N-dealkylation sites (tertiary alicyclic amines) is 1. The number of likely N-dealkylation sites (N-methyl/N-ethyl adjacent to an activating group) is 1. The number of primary amides is 1. The molecule has 216 valence electrons. The Kier molecular flexibility index (Phi) is 7.06. The lowest BCUT2D eigenvalue weighted by Crippen LogP contribution is -2.65. The van der Waals surface area contributed by atoms with Crippen molar-refractivity contribution in [3.05, 3.63) is 44.7 Å². The third kappa shape index (κ3) is 3.83. The number of Topliss-reactive ketones (excluding diaryl/α,β-unsaturated/α-hetero) is 2. The highest BCUT2D eigenvalue weighted by molar-refractivity contribution is 6.33. The molecule has 1 amide bonds. The predicted octanol–water partition coefficient (Wildman–Crippen LogP) is 2.55. The average molecular weight is 574 g/mol. The van der Waals surface area contributed by atoms with E-state index in [0.29, 0.717) is 16.6 Å². The van der Waals surface area contributed by atoms with Gasteiger partial charge in [0.1, 0.15) is 22.8 Å². The highest BCUT2D eigenvalue weighted by Gasteiger charge is 2.64. The summed E-state index contributed by atoms with van der Waals surface area (Å²) in [6, 6.07) is 0.756. The largest absolute Gasteiger partial charge is 0.508 e. The number of rotatable bonds is 5. The topological polar surface area (TPSA) is 165 Å². The Bertz CT molecular complexity index is 1390. The number of nitrogens with zero attached hydrogens (tertiary/aromatic N) is 2. The van der Waals surface area contributed by atoms with Crippen molar-refractivity contribution in [2.45, 2.75) is 69.7 Å². The number of phenolic OH excluding ortho intramolecular Hbond substituents is 1. The van der Waals surface area contributed by atoms with Gasteiger partial charge in [-0.05, 0) is 82.8 Å². The molecule has 2 unspecified atom stereocenters. The second-order valence-electron chi connectivity index (χ2n) is 11.8. The number of hydrogen-bond donors (Lipinski definition) is 5. The number of hydrogen-bond acceptors (Lipinski definition) is 9. The summed E-state index contributed by atoms with van der Waals surface area (Å²) in [6.45, 7) is 5.14. The smallest absolute Gasteiger partial charge is 0.255 e. The molecule has 1 aromatic rings. The number of carbonyl (C=O) groups is 3. The Morgan fingerprint density at radius 2 is 1.90 bits per heavy atom. The molecule has 3 aliphatic carbocycles. The van der Waals surface area contributed by atoms with Gasteiger partial charge in [0.25, 0.3) is 5.91 Å². The van der Waals surface area contributed by atoms with E-state index in [1.165, 1.54) is 4.90 Å². The Balaban J connectivity index is 1.67. The third-order valence-corrected chi connectivity index (χ3v) is 9.79. The summed E-state index contributed by atoms with van der Waals surface area (Å²) < 4.78 is 0. The van der Waals surface area contributed by atoms with Crippen molar-refractivity contribution >= 4 is 34.8 Å². The maximum absolute atomic E-state index is 13.9. The molecule has 40 heavy (non-hydrogen) atoms. The lowest BCUT2D eigenvalue weighted by Gasteiger charge is -2.50. The molecular formula is C29H36ClN3O7. The predicted molar refractivity (Wildman–Crippen MR) is 148 cm³/mol. The fourth-order valence-electron chi connectivity index (χ4n) is 7.56. The molecule has 4 aliphatic rings. The minimum Gasteiger partial charge on any atom is -0.508 e. The summed E-state index contributed by atoms with van der Waals surface area (Å²) in [7, 11) is 3.14. The monoisotopic (exact) mass is 573 g/mol. The van der Waals surface area contributed by atoms with E-state index in [1.54, 1.807) is 20.2 Å². The highest BCUT2D eigenvalue weighted by atomic mass is 35.5. The van der Waals surface area contributed by atoms with E-state index in [-0.39, 0.29) is 35.8 Å². The maximum Gasteiger partial charge on any atom is 0.255 e. The summed E-state index contributed by atoms with van der Waals surface area (Å²) in [5, 5.41) is 45.6. The second kappa shape index (κ2) is 9.87. The van der Waals surface area contributed by atoms with Crippen LogP contribution in [0.25, 0.3) is 5.76 Å². The van der Waals surface area contributed by atoms with Crippen LogP contribution in [0, 0.1) is 11.8 Å². The average Bonchev–Trinajstić information content (AvgIpc) is 3.23. The molecule has 10 nitrogen and oxygen atoms in total. The first kappa shape index (κ1) is 28.6. The van der Waals surface area contributed by atoms with Gasteiger partial charge in [0.05, 0.1) is 11.6 Å². The molecule has 1 heterocycles. The zero-order valence-electron chi connectivity index (χ0n) is 23.1. The van der Waals surface area contributed by atoms with Crippen molar-refractivity contribution in [1.29, 1.82) is 0 Å². The van der Waals surface area contributed by atoms with Crippen LogP contribution in [0.2, 0.25) is 5.02 Å². The molecule has 1 aliphatic heterocycles. The quantitative estimate of drug-likeness (QED) is 0.333. The van der Waals surface area contributed by atoms with Gasteiger partial charge in [-0.25, -0.2) is 0 Å². The zero-order chi connectivity index (χ0) is 29.4. The van der Waals surface area contributed by atoms with Crippen LogP contribution in [0.1, 0.15) is 62.3 Å². The van der Waals surface area contributed by atoms with E-state index < -0.39 is 58.0 Å². The summed E-state index contributed by atoms with van der Waals surface area (Å²) in [5.74, 6) is -6.75. The van der Waals surface area contributed by atoms with Crippen LogP contribution in [-0.4, -0.2) is 86.0 Å². The van der Waals surface area contributed by atoms with Crippen molar-refractivity contribution in [2.24, 2.45) is 17.6 Å². The first-order chi connectivity index (χ1) is 18.8. The van der Waals surface area contributed by atoms with Crippen molar-refractivity contribution in [2.75, 3.05) is 20.6 Å². The van der Waals surface area contributed by atoms with Crippen molar-refractivity contribution in [3.8, 4) is 5.75 Å². The Morgan fingerprint density at radius 3 is 2.50 bits per heavy atom. The molecule has 6 N–H and O–H groups in total. The minimum absolute atomic E-state index is 0.00681. The molecular weight excluding hydrogens is 538 g/mol. The number of ketones is 2. The number of halogens is 1. The Hall–Kier alpha value is -2.92. The van der Waals surface area contributed by atoms with Gasteiger partial charge >= 0.3 is 0 Å². The normalized spacial score (nSPS) is 32.4. The van der Waals surface area contributed by atoms with Gasteiger partial charge in [0.15, 0.2) is 11.4 Å². The van der Waals surface area contributed by atoms with Crippen LogP contribution in [0.4, 0.5) is 0 Å². The summed E-state index contributed by atoms with van der Waals surface area (Å²) in [4.78, 5) is 43.1. The summed E-state index contributed by atoms with van der Waals surface area (Å²) in [5.41, 5.74) is 2.96. The van der Waals surface area contributed by atoms with Crippen LogP contribution >= 0.6 is 11.6 Å². The number of aliphatic hydroxyl groups excluding tert-OH is 2. The summed E-state index contributed by atoms with van der Waals surface area (Å²) >= 11 is 7.00. The van der Waals surface area contributed by atoms with E-state index in [0.717, 1.165) is 31.4 Å². The number of benzene rings is 1. The molecule has 0 radical (unpaired) electrons. The number of nitrogens with two attached hydrogens (primary N) is 1. The molecule has 5 rings (SSSR count). The van der Waals surface area contributed by atoms with Gasteiger partial charge in [-0.2, -0.15) is 0 Å². The molecule has 1 aromatic carbocycles. The van der Waals surface area contributed by atoms with Gasteiger partial charge in [-0.1, -0.05) is 18.5 Å². The second-order valence-corrected chi connectivity index (χ2v) is 12.2. The zero-order valence-corrected chi connectivity index (χ0v) is 23.8. The molecule has 1 saturated carbocycles. The van der Waals surface area contributed by atoms with Crippen LogP contribution in [0.5, 0.6) is 5.75 Å². The highest BCUT2D eigenvalue weighted by Crippen LogP contribution is 2.54. The van der Waals surface area contributed by atoms with E-state index in [9.17, 15) is 34.8 Å². The van der Waals surface area contributed by atoms with Gasteiger partial charge in [0, 0.05) is 28.6 Å². The van der Waals surface area contributed by atoms with Gasteiger partial charge < -0.3 is 26.2 Å². The van der Waals surface area contributed by atoms with Gasteiger partial charge in [-0.15, -0.1) is 0 Å². The van der Waals surface area contributed by atoms with Crippen LogP contribution in [-0.2, 0) is 20.8 Å². The van der Waals surface area contributed by atoms with Crippen molar-refractivity contribution < 1.29 is 34.8 Å². The fourth-order valence-corrected chi connectivity index (χ4v) is 7.91. The van der Waals surface area contributed by atoms with E-state index >= 15 is 0 Å². The number of aliphatic hydroxyl groups is 3. The van der Waals surface area contributed by atoms with Crippen LogP contribution in [0.3, 0.4) is 0 Å². The first-order valence-corrected chi connectivity index (χ1v) is 14.1. The first-order valence-electron chi connectivity index (χ1n) is 13.7. The molecule has 11 heteroatoms. The molecule has 0 aromatic heterocycles. The molecule has 0 spiro atoms. The SMILES string of the molecule is CCCN1C(C)CCC1c1cc(O)c2c(c1Cl)C[C@H]1C[C@H]3[C@H](N(C)C)C(=O)C(C(N)=O)=C(O)[C@@]3(O)C(=O)C1=C2O. The summed E-state index contributed by atoms with van der Waals surface area (Å²) in [6.07, 6.45) is 3.00.